The second-order valence-corrected chi connectivity index (χ2v) is 5.16. The number of phenols is 1. The molecule has 9 nitrogen and oxygen atoms in total. The molecule has 0 aliphatic rings. The summed E-state index contributed by atoms with van der Waals surface area (Å²) in [4.78, 5) is 32.0. The monoisotopic (exact) mass is 363 g/mol. The van der Waals surface area contributed by atoms with Gasteiger partial charge in [0.2, 0.25) is 6.20 Å². The quantitative estimate of drug-likeness (QED) is 0.616. The summed E-state index contributed by atoms with van der Waals surface area (Å²) in [6.45, 7) is 0. The van der Waals surface area contributed by atoms with Crippen LogP contribution in [-0.4, -0.2) is 20.9 Å². The van der Waals surface area contributed by atoms with Crippen molar-refractivity contribution in [3.05, 3.63) is 79.0 Å². The Morgan fingerprint density at radius 1 is 1.16 bits per heavy atom. The molecule has 2 rings (SSSR count). The minimum atomic E-state index is -0.732. The summed E-state index contributed by atoms with van der Waals surface area (Å²) >= 11 is 5.89. The fourth-order valence-corrected chi connectivity index (χ4v) is 2.12. The Kier molecular flexibility index (Phi) is 5.30. The van der Waals surface area contributed by atoms with E-state index in [0.717, 1.165) is 18.2 Å². The lowest BCUT2D eigenvalue weighted by Crippen LogP contribution is -2.12. The lowest BCUT2D eigenvalue weighted by atomic mass is 10.1. The van der Waals surface area contributed by atoms with Gasteiger partial charge in [0, 0.05) is 18.2 Å². The molecule has 0 aromatic heterocycles. The summed E-state index contributed by atoms with van der Waals surface area (Å²) in [5, 5.41) is 33.2. The molecule has 0 heterocycles. The molecule has 0 unspecified atom stereocenters. The molecule has 0 aliphatic carbocycles. The van der Waals surface area contributed by atoms with Crippen LogP contribution >= 0.6 is 11.6 Å². The van der Waals surface area contributed by atoms with E-state index in [9.17, 15) is 30.1 Å². The molecule has 10 heteroatoms. The van der Waals surface area contributed by atoms with E-state index >= 15 is 0 Å². The van der Waals surface area contributed by atoms with Crippen molar-refractivity contribution < 1.29 is 19.7 Å². The summed E-state index contributed by atoms with van der Waals surface area (Å²) in [7, 11) is 0. The van der Waals surface area contributed by atoms with Crippen LogP contribution in [0.25, 0.3) is 6.08 Å². The summed E-state index contributed by atoms with van der Waals surface area (Å²) < 4.78 is 0. The Morgan fingerprint density at radius 3 is 2.48 bits per heavy atom. The second-order valence-electron chi connectivity index (χ2n) is 4.75. The maximum atomic E-state index is 12.3. The third-order valence-corrected chi connectivity index (χ3v) is 3.38. The first-order valence-corrected chi connectivity index (χ1v) is 7.05. The van der Waals surface area contributed by atoms with Crippen molar-refractivity contribution in [1.29, 1.82) is 0 Å². The van der Waals surface area contributed by atoms with E-state index in [1.807, 2.05) is 0 Å². The predicted molar refractivity (Wildman–Crippen MR) is 90.2 cm³/mol. The van der Waals surface area contributed by atoms with Gasteiger partial charge in [-0.15, -0.1) is 0 Å². The van der Waals surface area contributed by atoms with Crippen LogP contribution in [0.5, 0.6) is 5.75 Å². The minimum absolute atomic E-state index is 0.0496. The first-order chi connectivity index (χ1) is 11.8. The highest BCUT2D eigenvalue weighted by Crippen LogP contribution is 2.28. The van der Waals surface area contributed by atoms with Gasteiger partial charge in [-0.25, -0.2) is 0 Å². The van der Waals surface area contributed by atoms with Gasteiger partial charge in [0.25, 0.3) is 11.6 Å². The van der Waals surface area contributed by atoms with Gasteiger partial charge in [0.1, 0.15) is 5.75 Å². The molecule has 2 aromatic rings. The average Bonchev–Trinajstić information content (AvgIpc) is 2.55. The SMILES string of the molecule is O=C(Nc1ccc([N+](=O)[O-])cc1Cl)c1cc(/C=C/[N+](=O)[O-])ccc1O. The summed E-state index contributed by atoms with van der Waals surface area (Å²) in [5.41, 5.74) is 0.0648. The maximum Gasteiger partial charge on any atom is 0.271 e. The highest BCUT2D eigenvalue weighted by Gasteiger charge is 2.15. The molecular formula is C15H10ClN3O6. The largest absolute Gasteiger partial charge is 0.507 e. The number of hydrogen-bond donors (Lipinski definition) is 2. The van der Waals surface area contributed by atoms with Crippen LogP contribution in [0.2, 0.25) is 5.02 Å². The minimum Gasteiger partial charge on any atom is -0.507 e. The lowest BCUT2D eigenvalue weighted by Gasteiger charge is -2.09. The third kappa shape index (κ3) is 4.52. The Morgan fingerprint density at radius 2 is 1.88 bits per heavy atom. The number of hydrogen-bond acceptors (Lipinski definition) is 6. The number of carbonyl (C=O) groups is 1. The van der Waals surface area contributed by atoms with E-state index in [1.165, 1.54) is 24.3 Å². The molecule has 0 bridgehead atoms. The van der Waals surface area contributed by atoms with E-state index in [-0.39, 0.29) is 27.7 Å². The van der Waals surface area contributed by atoms with E-state index < -0.39 is 15.8 Å². The molecule has 128 valence electrons. The van der Waals surface area contributed by atoms with Gasteiger partial charge in [-0.3, -0.25) is 25.0 Å². The number of nitro benzene ring substituents is 1. The Hall–Kier alpha value is -3.46. The zero-order valence-corrected chi connectivity index (χ0v) is 13.1. The zero-order valence-electron chi connectivity index (χ0n) is 12.4. The average molecular weight is 364 g/mol. The van der Waals surface area contributed by atoms with Crippen LogP contribution in [0.1, 0.15) is 15.9 Å². The molecule has 0 saturated heterocycles. The number of non-ortho nitro benzene ring substituents is 1. The number of nitro groups is 2. The van der Waals surface area contributed by atoms with Crippen LogP contribution in [-0.2, 0) is 0 Å². The van der Waals surface area contributed by atoms with Gasteiger partial charge in [-0.1, -0.05) is 17.7 Å². The summed E-state index contributed by atoms with van der Waals surface area (Å²) in [5.74, 6) is -1.07. The number of nitrogens with one attached hydrogen (secondary N) is 1. The Labute approximate surface area is 145 Å². The number of amides is 1. The van der Waals surface area contributed by atoms with E-state index in [1.54, 1.807) is 0 Å². The third-order valence-electron chi connectivity index (χ3n) is 3.07. The number of carbonyl (C=O) groups excluding carboxylic acids is 1. The fourth-order valence-electron chi connectivity index (χ4n) is 1.89. The molecule has 0 saturated carbocycles. The number of phenolic OH excluding ortho intramolecular Hbond substituents is 1. The normalized spacial score (nSPS) is 10.6. The van der Waals surface area contributed by atoms with Crippen LogP contribution < -0.4 is 5.32 Å². The second kappa shape index (κ2) is 7.41. The molecular weight excluding hydrogens is 354 g/mol. The van der Waals surface area contributed by atoms with Crippen molar-refractivity contribution in [3.63, 3.8) is 0 Å². The Balaban J connectivity index is 2.27. The van der Waals surface area contributed by atoms with E-state index in [0.29, 0.717) is 11.8 Å². The van der Waals surface area contributed by atoms with Gasteiger partial charge >= 0.3 is 0 Å². The molecule has 2 aromatic carbocycles. The molecule has 1 amide bonds. The van der Waals surface area contributed by atoms with Crippen LogP contribution in [0.15, 0.2) is 42.6 Å². The van der Waals surface area contributed by atoms with Gasteiger partial charge in [0.15, 0.2) is 0 Å². The number of aromatic hydroxyl groups is 1. The predicted octanol–water partition coefficient (Wildman–Crippen LogP) is 3.45. The van der Waals surface area contributed by atoms with Gasteiger partial charge < -0.3 is 10.4 Å². The van der Waals surface area contributed by atoms with Crippen molar-refractivity contribution in [1.82, 2.24) is 0 Å². The van der Waals surface area contributed by atoms with Crippen molar-refractivity contribution in [2.45, 2.75) is 0 Å². The van der Waals surface area contributed by atoms with Gasteiger partial charge in [-0.05, 0) is 23.8 Å². The summed E-state index contributed by atoms with van der Waals surface area (Å²) in [6, 6.07) is 7.36. The van der Waals surface area contributed by atoms with Crippen molar-refractivity contribution in [2.24, 2.45) is 0 Å². The highest BCUT2D eigenvalue weighted by atomic mass is 35.5. The fraction of sp³-hybridized carbons (Fsp3) is 0. The van der Waals surface area contributed by atoms with E-state index in [2.05, 4.69) is 5.32 Å². The standard InChI is InChI=1S/C15H10ClN3O6/c16-12-8-10(19(24)25)2-3-13(12)17-15(21)11-7-9(1-4-14(11)20)5-6-18(22)23/h1-8,20H,(H,17,21)/b6-5+. The first-order valence-electron chi connectivity index (χ1n) is 6.68. The molecule has 25 heavy (non-hydrogen) atoms. The van der Waals surface area contributed by atoms with Crippen molar-refractivity contribution in [3.8, 4) is 5.75 Å². The van der Waals surface area contributed by atoms with Crippen molar-refractivity contribution >= 4 is 35.0 Å². The number of nitrogens with zero attached hydrogens (tertiary/aromatic N) is 2. The van der Waals surface area contributed by atoms with Crippen LogP contribution in [0.3, 0.4) is 0 Å². The molecule has 0 spiro atoms. The zero-order chi connectivity index (χ0) is 18.6. The smallest absolute Gasteiger partial charge is 0.271 e. The molecule has 0 fully saturated rings. The molecule has 0 aliphatic heterocycles. The van der Waals surface area contributed by atoms with Crippen LogP contribution in [0, 0.1) is 20.2 Å². The highest BCUT2D eigenvalue weighted by molar-refractivity contribution is 6.34. The maximum absolute atomic E-state index is 12.3. The van der Waals surface area contributed by atoms with Crippen molar-refractivity contribution in [2.75, 3.05) is 5.32 Å². The van der Waals surface area contributed by atoms with E-state index in [4.69, 9.17) is 11.6 Å². The number of anilines is 1. The van der Waals surface area contributed by atoms with Gasteiger partial charge in [0.05, 0.1) is 26.1 Å². The number of rotatable bonds is 5. The molecule has 0 radical (unpaired) electrons. The number of benzene rings is 2. The Bertz CT molecular complexity index is 897. The number of halogens is 1. The lowest BCUT2D eigenvalue weighted by molar-refractivity contribution is -0.400. The molecule has 0 atom stereocenters. The topological polar surface area (TPSA) is 136 Å². The summed E-state index contributed by atoms with van der Waals surface area (Å²) in [6.07, 6.45) is 1.86. The first kappa shape index (κ1) is 17.9. The van der Waals surface area contributed by atoms with Gasteiger partial charge in [-0.2, -0.15) is 0 Å². The van der Waals surface area contributed by atoms with Crippen LogP contribution in [0.4, 0.5) is 11.4 Å². The molecule has 2 N–H and O–H groups in total.